The molecule has 0 aromatic carbocycles. The molecule has 84 valence electrons. The molecule has 0 aliphatic carbocycles. The molecule has 0 fully saturated rings. The predicted molar refractivity (Wildman–Crippen MR) is 63.8 cm³/mol. The Morgan fingerprint density at radius 3 is 2.33 bits per heavy atom. The van der Waals surface area contributed by atoms with E-state index in [1.165, 1.54) is 9.75 Å². The van der Waals surface area contributed by atoms with Gasteiger partial charge in [-0.05, 0) is 23.5 Å². The average Bonchev–Trinajstić information content (AvgIpc) is 2.46. The van der Waals surface area contributed by atoms with Crippen LogP contribution in [-0.2, 0) is 11.2 Å². The minimum absolute atomic E-state index is 0.150. The molecule has 0 spiro atoms. The Morgan fingerprint density at radius 2 is 1.93 bits per heavy atom. The highest BCUT2D eigenvalue weighted by molar-refractivity contribution is 7.12. The Morgan fingerprint density at radius 1 is 1.33 bits per heavy atom. The minimum Gasteiger partial charge on any atom is -0.481 e. The zero-order valence-electron chi connectivity index (χ0n) is 9.70. The first-order valence-electron chi connectivity index (χ1n) is 5.26. The molecule has 0 aliphatic heterocycles. The van der Waals surface area contributed by atoms with Crippen molar-refractivity contribution >= 4 is 17.3 Å². The van der Waals surface area contributed by atoms with Gasteiger partial charge in [-0.1, -0.05) is 27.7 Å². The summed E-state index contributed by atoms with van der Waals surface area (Å²) in [6.07, 6.45) is 0.150. The van der Waals surface area contributed by atoms with Gasteiger partial charge < -0.3 is 5.11 Å². The van der Waals surface area contributed by atoms with E-state index in [9.17, 15) is 4.79 Å². The van der Waals surface area contributed by atoms with Gasteiger partial charge in [0.2, 0.25) is 0 Å². The van der Waals surface area contributed by atoms with E-state index in [0.29, 0.717) is 11.8 Å². The normalized spacial score (nSPS) is 11.3. The Labute approximate surface area is 94.9 Å². The molecule has 3 heteroatoms. The molecule has 0 saturated heterocycles. The molecule has 0 saturated carbocycles. The molecule has 1 aromatic heterocycles. The number of carbonyl (C=O) groups is 1. The van der Waals surface area contributed by atoms with Crippen molar-refractivity contribution in [1.29, 1.82) is 0 Å². The number of hydrogen-bond acceptors (Lipinski definition) is 2. The molecule has 0 atom stereocenters. The van der Waals surface area contributed by atoms with Gasteiger partial charge in [0.1, 0.15) is 0 Å². The number of aliphatic carboxylic acids is 1. The van der Waals surface area contributed by atoms with Crippen molar-refractivity contribution in [2.45, 2.75) is 46.0 Å². The van der Waals surface area contributed by atoms with Gasteiger partial charge >= 0.3 is 5.97 Å². The smallest absolute Gasteiger partial charge is 0.307 e. The lowest BCUT2D eigenvalue weighted by Gasteiger charge is -2.04. The molecule has 0 amide bonds. The molecule has 0 radical (unpaired) electrons. The second kappa shape index (κ2) is 4.79. The van der Waals surface area contributed by atoms with Gasteiger partial charge in [0, 0.05) is 9.75 Å². The summed E-state index contributed by atoms with van der Waals surface area (Å²) in [4.78, 5) is 13.2. The zero-order chi connectivity index (χ0) is 11.6. The number of carboxylic acid groups (broad SMARTS) is 1. The molecular weight excluding hydrogens is 208 g/mol. The van der Waals surface area contributed by atoms with Crippen LogP contribution < -0.4 is 0 Å². The first kappa shape index (κ1) is 12.2. The molecule has 0 unspecified atom stereocenters. The van der Waals surface area contributed by atoms with Gasteiger partial charge in [0.25, 0.3) is 0 Å². The first-order chi connectivity index (χ1) is 6.91. The van der Waals surface area contributed by atoms with Crippen molar-refractivity contribution in [3.63, 3.8) is 0 Å². The molecule has 1 aromatic rings. The molecular formula is C12H18O2S. The second-order valence-electron chi connectivity index (χ2n) is 4.42. The van der Waals surface area contributed by atoms with E-state index < -0.39 is 5.97 Å². The first-order valence-corrected chi connectivity index (χ1v) is 6.07. The highest BCUT2D eigenvalue weighted by Crippen LogP contribution is 2.33. The second-order valence-corrected chi connectivity index (χ2v) is 5.53. The number of hydrogen-bond donors (Lipinski definition) is 1. The van der Waals surface area contributed by atoms with Crippen molar-refractivity contribution in [3.8, 4) is 0 Å². The topological polar surface area (TPSA) is 37.3 Å². The van der Waals surface area contributed by atoms with E-state index in [4.69, 9.17) is 5.11 Å². The Bertz CT molecular complexity index is 351. The summed E-state index contributed by atoms with van der Waals surface area (Å²) in [6, 6.07) is 2.05. The third kappa shape index (κ3) is 3.06. The lowest BCUT2D eigenvalue weighted by Crippen LogP contribution is -2.01. The predicted octanol–water partition coefficient (Wildman–Crippen LogP) is 3.62. The monoisotopic (exact) mass is 226 g/mol. The molecule has 0 bridgehead atoms. The third-order valence-electron chi connectivity index (χ3n) is 2.30. The summed E-state index contributed by atoms with van der Waals surface area (Å²) in [5, 5.41) is 8.83. The summed E-state index contributed by atoms with van der Waals surface area (Å²) in [7, 11) is 0. The van der Waals surface area contributed by atoms with Crippen molar-refractivity contribution in [2.75, 3.05) is 0 Å². The molecule has 1 N–H and O–H groups in total. The fraction of sp³-hybridized carbons (Fsp3) is 0.583. The Balaban J connectivity index is 3.05. The van der Waals surface area contributed by atoms with Crippen LogP contribution in [0.1, 0.15) is 54.8 Å². The van der Waals surface area contributed by atoms with Crippen LogP contribution in [0.2, 0.25) is 0 Å². The Hall–Kier alpha value is -0.830. The lowest BCUT2D eigenvalue weighted by molar-refractivity contribution is -0.136. The SMILES string of the molecule is CC(C)c1cc(CC(=O)O)c(C(C)C)s1. The van der Waals surface area contributed by atoms with Crippen molar-refractivity contribution in [3.05, 3.63) is 21.4 Å². The maximum Gasteiger partial charge on any atom is 0.307 e. The highest BCUT2D eigenvalue weighted by Gasteiger charge is 2.15. The summed E-state index contributed by atoms with van der Waals surface area (Å²) < 4.78 is 0. The largest absolute Gasteiger partial charge is 0.481 e. The molecule has 1 heterocycles. The summed E-state index contributed by atoms with van der Waals surface area (Å²) in [5.41, 5.74) is 0.992. The summed E-state index contributed by atoms with van der Waals surface area (Å²) in [6.45, 7) is 8.50. The van der Waals surface area contributed by atoms with Gasteiger partial charge in [-0.25, -0.2) is 0 Å². The number of carboxylic acids is 1. The summed E-state index contributed by atoms with van der Waals surface area (Å²) >= 11 is 1.75. The van der Waals surface area contributed by atoms with Gasteiger partial charge in [0.05, 0.1) is 6.42 Å². The quantitative estimate of drug-likeness (QED) is 0.851. The van der Waals surface area contributed by atoms with Crippen molar-refractivity contribution in [1.82, 2.24) is 0 Å². The van der Waals surface area contributed by atoms with Crippen LogP contribution in [0.3, 0.4) is 0 Å². The highest BCUT2D eigenvalue weighted by atomic mass is 32.1. The van der Waals surface area contributed by atoms with Crippen LogP contribution in [0, 0.1) is 0 Å². The minimum atomic E-state index is -0.745. The summed E-state index contributed by atoms with van der Waals surface area (Å²) in [5.74, 6) is 0.150. The van der Waals surface area contributed by atoms with Gasteiger partial charge in [-0.2, -0.15) is 0 Å². The number of rotatable bonds is 4. The van der Waals surface area contributed by atoms with Crippen molar-refractivity contribution in [2.24, 2.45) is 0 Å². The van der Waals surface area contributed by atoms with Gasteiger partial charge in [-0.15, -0.1) is 11.3 Å². The standard InChI is InChI=1S/C12H18O2S/c1-7(2)10-5-9(6-11(13)14)12(15-10)8(3)4/h5,7-8H,6H2,1-4H3,(H,13,14). The average molecular weight is 226 g/mol. The zero-order valence-corrected chi connectivity index (χ0v) is 10.5. The molecule has 2 nitrogen and oxygen atoms in total. The van der Waals surface area contributed by atoms with Crippen LogP contribution in [0.5, 0.6) is 0 Å². The van der Waals surface area contributed by atoms with Crippen LogP contribution in [0.15, 0.2) is 6.07 Å². The van der Waals surface area contributed by atoms with Gasteiger partial charge in [0.15, 0.2) is 0 Å². The molecule has 1 rings (SSSR count). The van der Waals surface area contributed by atoms with Crippen LogP contribution in [0.25, 0.3) is 0 Å². The maximum atomic E-state index is 10.7. The fourth-order valence-corrected chi connectivity index (χ4v) is 2.73. The van der Waals surface area contributed by atoms with E-state index >= 15 is 0 Å². The lowest BCUT2D eigenvalue weighted by atomic mass is 10.0. The molecule has 15 heavy (non-hydrogen) atoms. The van der Waals surface area contributed by atoms with Crippen LogP contribution >= 0.6 is 11.3 Å². The number of thiophene rings is 1. The maximum absolute atomic E-state index is 10.7. The Kier molecular flexibility index (Phi) is 3.91. The van der Waals surface area contributed by atoms with E-state index in [0.717, 1.165) is 5.56 Å². The van der Waals surface area contributed by atoms with Gasteiger partial charge in [-0.3, -0.25) is 4.79 Å². The van der Waals surface area contributed by atoms with E-state index in [-0.39, 0.29) is 6.42 Å². The van der Waals surface area contributed by atoms with E-state index in [1.54, 1.807) is 11.3 Å². The third-order valence-corrected chi connectivity index (χ3v) is 4.07. The van der Waals surface area contributed by atoms with Crippen molar-refractivity contribution < 1.29 is 9.90 Å². The van der Waals surface area contributed by atoms with Crippen LogP contribution in [0.4, 0.5) is 0 Å². The fourth-order valence-electron chi connectivity index (χ4n) is 1.54. The van der Waals surface area contributed by atoms with Crippen LogP contribution in [-0.4, -0.2) is 11.1 Å². The van der Waals surface area contributed by atoms with E-state index in [2.05, 4.69) is 33.8 Å². The molecule has 0 aliphatic rings. The van der Waals surface area contributed by atoms with E-state index in [1.807, 2.05) is 0 Å².